The summed E-state index contributed by atoms with van der Waals surface area (Å²) in [6.45, 7) is 1.92. The molecule has 0 saturated carbocycles. The van der Waals surface area contributed by atoms with Gasteiger partial charge in [0.2, 0.25) is 0 Å². The molecule has 5 heteroatoms. The Bertz CT molecular complexity index is 580. The molecule has 0 saturated heterocycles. The Labute approximate surface area is 77.9 Å². The number of hydrogen-bond acceptors (Lipinski definition) is 4. The minimum atomic E-state index is 0.873. The van der Waals surface area contributed by atoms with E-state index in [0.717, 1.165) is 21.7 Å². The van der Waals surface area contributed by atoms with Crippen LogP contribution in [0.25, 0.3) is 15.9 Å². The lowest BCUT2D eigenvalue weighted by Crippen LogP contribution is -1.88. The van der Waals surface area contributed by atoms with Crippen molar-refractivity contribution < 1.29 is 0 Å². The summed E-state index contributed by atoms with van der Waals surface area (Å²) in [5, 5.41) is 10.1. The Hall–Kier alpha value is -1.49. The van der Waals surface area contributed by atoms with Gasteiger partial charge in [-0.15, -0.1) is 21.5 Å². The van der Waals surface area contributed by atoms with E-state index in [2.05, 4.69) is 15.2 Å². The number of thiophene rings is 1. The molecule has 0 bridgehead atoms. The molecule has 13 heavy (non-hydrogen) atoms. The number of rotatable bonds is 0. The maximum absolute atomic E-state index is 4.30. The normalized spacial score (nSPS) is 11.5. The fourth-order valence-corrected chi connectivity index (χ4v) is 2.17. The van der Waals surface area contributed by atoms with Crippen molar-refractivity contribution in [2.45, 2.75) is 6.92 Å². The largest absolute Gasteiger partial charge is 0.268 e. The molecule has 3 aromatic rings. The fraction of sp³-hybridized carbons (Fsp3) is 0.125. The molecule has 3 aromatic heterocycles. The predicted molar refractivity (Wildman–Crippen MR) is 50.9 cm³/mol. The summed E-state index contributed by atoms with van der Waals surface area (Å²) in [6, 6.07) is 1.99. The van der Waals surface area contributed by atoms with Crippen molar-refractivity contribution in [2.24, 2.45) is 0 Å². The minimum absolute atomic E-state index is 0.873. The van der Waals surface area contributed by atoms with Crippen LogP contribution in [0.3, 0.4) is 0 Å². The van der Waals surface area contributed by atoms with Crippen molar-refractivity contribution in [3.05, 3.63) is 23.6 Å². The van der Waals surface area contributed by atoms with Crippen LogP contribution < -0.4 is 0 Å². The molecule has 3 heterocycles. The summed E-state index contributed by atoms with van der Waals surface area (Å²) in [5.74, 6) is 0.873. The second-order valence-corrected chi connectivity index (χ2v) is 3.74. The summed E-state index contributed by atoms with van der Waals surface area (Å²) in [6.07, 6.45) is 1.76. The van der Waals surface area contributed by atoms with E-state index in [-0.39, 0.29) is 0 Å². The van der Waals surface area contributed by atoms with E-state index in [1.165, 1.54) is 0 Å². The zero-order chi connectivity index (χ0) is 8.84. The first-order chi connectivity index (χ1) is 6.36. The second kappa shape index (κ2) is 2.26. The molecule has 4 nitrogen and oxygen atoms in total. The first-order valence-corrected chi connectivity index (χ1v) is 4.78. The Balaban J connectivity index is 2.66. The Morgan fingerprint density at radius 3 is 3.23 bits per heavy atom. The van der Waals surface area contributed by atoms with E-state index in [1.54, 1.807) is 17.7 Å². The molecule has 3 rings (SSSR count). The number of aryl methyl sites for hydroxylation is 1. The van der Waals surface area contributed by atoms with Gasteiger partial charge in [0.25, 0.3) is 0 Å². The average molecular weight is 190 g/mol. The summed E-state index contributed by atoms with van der Waals surface area (Å²) >= 11 is 1.64. The maximum atomic E-state index is 4.30. The topological polar surface area (TPSA) is 43.1 Å². The van der Waals surface area contributed by atoms with Crippen LogP contribution in [-0.2, 0) is 0 Å². The molecule has 0 N–H and O–H groups in total. The van der Waals surface area contributed by atoms with E-state index < -0.39 is 0 Å². The van der Waals surface area contributed by atoms with E-state index in [0.29, 0.717) is 0 Å². The molecule has 0 aliphatic rings. The lowest BCUT2D eigenvalue weighted by Gasteiger charge is -1.93. The van der Waals surface area contributed by atoms with E-state index in [9.17, 15) is 0 Å². The van der Waals surface area contributed by atoms with Crippen molar-refractivity contribution >= 4 is 27.2 Å². The van der Waals surface area contributed by atoms with E-state index in [1.807, 2.05) is 22.8 Å². The van der Waals surface area contributed by atoms with Crippen molar-refractivity contribution in [3.63, 3.8) is 0 Å². The first kappa shape index (κ1) is 6.97. The zero-order valence-corrected chi connectivity index (χ0v) is 7.75. The SMILES string of the molecule is Cc1nnc2c3sccc3ncn12. The monoisotopic (exact) mass is 190 g/mol. The Morgan fingerprint density at radius 1 is 1.38 bits per heavy atom. The zero-order valence-electron chi connectivity index (χ0n) is 6.93. The lowest BCUT2D eigenvalue weighted by molar-refractivity contribution is 0.990. The van der Waals surface area contributed by atoms with Gasteiger partial charge in [-0.05, 0) is 18.4 Å². The van der Waals surface area contributed by atoms with Gasteiger partial charge in [-0.3, -0.25) is 4.40 Å². The number of aromatic nitrogens is 4. The van der Waals surface area contributed by atoms with Crippen LogP contribution in [0.4, 0.5) is 0 Å². The molecule has 0 atom stereocenters. The van der Waals surface area contributed by atoms with Gasteiger partial charge in [0, 0.05) is 0 Å². The van der Waals surface area contributed by atoms with Gasteiger partial charge in [0.15, 0.2) is 5.65 Å². The van der Waals surface area contributed by atoms with Crippen LogP contribution in [0, 0.1) is 6.92 Å². The quantitative estimate of drug-likeness (QED) is 0.541. The minimum Gasteiger partial charge on any atom is -0.268 e. The van der Waals surface area contributed by atoms with Gasteiger partial charge in [0.1, 0.15) is 12.2 Å². The standard InChI is InChI=1S/C8H6N4S/c1-5-10-11-8-7-6(2-3-13-7)9-4-12(5)8/h2-4H,1H3. The molecule has 64 valence electrons. The molecule has 0 aromatic carbocycles. The summed E-state index contributed by atoms with van der Waals surface area (Å²) in [5.41, 5.74) is 1.89. The molecule has 0 aliphatic carbocycles. The van der Waals surface area contributed by atoms with E-state index >= 15 is 0 Å². The van der Waals surface area contributed by atoms with Crippen LogP contribution >= 0.6 is 11.3 Å². The molecule has 0 spiro atoms. The molecule has 0 unspecified atom stereocenters. The smallest absolute Gasteiger partial charge is 0.181 e. The maximum Gasteiger partial charge on any atom is 0.181 e. The van der Waals surface area contributed by atoms with Gasteiger partial charge < -0.3 is 0 Å². The van der Waals surface area contributed by atoms with Gasteiger partial charge in [-0.2, -0.15) is 0 Å². The third-order valence-corrected chi connectivity index (χ3v) is 2.93. The van der Waals surface area contributed by atoms with Gasteiger partial charge in [-0.1, -0.05) is 0 Å². The molecule has 0 radical (unpaired) electrons. The van der Waals surface area contributed by atoms with Gasteiger partial charge in [-0.25, -0.2) is 4.98 Å². The van der Waals surface area contributed by atoms with Crippen LogP contribution in [0.1, 0.15) is 5.82 Å². The summed E-state index contributed by atoms with van der Waals surface area (Å²) in [7, 11) is 0. The van der Waals surface area contributed by atoms with Crippen molar-refractivity contribution in [3.8, 4) is 0 Å². The molecule has 0 fully saturated rings. The third-order valence-electron chi connectivity index (χ3n) is 2.03. The van der Waals surface area contributed by atoms with Crippen LogP contribution in [-0.4, -0.2) is 19.6 Å². The first-order valence-electron chi connectivity index (χ1n) is 3.90. The van der Waals surface area contributed by atoms with Gasteiger partial charge >= 0.3 is 0 Å². The highest BCUT2D eigenvalue weighted by Crippen LogP contribution is 2.22. The Kier molecular flexibility index (Phi) is 1.21. The molecular weight excluding hydrogens is 184 g/mol. The highest BCUT2D eigenvalue weighted by Gasteiger charge is 2.06. The number of nitrogens with zero attached hydrogens (tertiary/aromatic N) is 4. The third kappa shape index (κ3) is 0.818. The fourth-order valence-electron chi connectivity index (χ4n) is 1.35. The van der Waals surface area contributed by atoms with Crippen molar-refractivity contribution in [1.82, 2.24) is 19.6 Å². The second-order valence-electron chi connectivity index (χ2n) is 2.82. The average Bonchev–Trinajstić information content (AvgIpc) is 2.70. The van der Waals surface area contributed by atoms with Crippen molar-refractivity contribution in [2.75, 3.05) is 0 Å². The Morgan fingerprint density at radius 2 is 2.31 bits per heavy atom. The van der Waals surface area contributed by atoms with E-state index in [4.69, 9.17) is 0 Å². The van der Waals surface area contributed by atoms with Crippen LogP contribution in [0.15, 0.2) is 17.8 Å². The van der Waals surface area contributed by atoms with Gasteiger partial charge in [0.05, 0.1) is 10.2 Å². The molecule has 0 amide bonds. The predicted octanol–water partition coefficient (Wildman–Crippen LogP) is 1.65. The van der Waals surface area contributed by atoms with Crippen molar-refractivity contribution in [1.29, 1.82) is 0 Å². The molecule has 0 aliphatic heterocycles. The summed E-state index contributed by atoms with van der Waals surface area (Å²) in [4.78, 5) is 4.30. The van der Waals surface area contributed by atoms with Crippen LogP contribution in [0.5, 0.6) is 0 Å². The highest BCUT2D eigenvalue weighted by molar-refractivity contribution is 7.17. The molecular formula is C8H6N4S. The number of hydrogen-bond donors (Lipinski definition) is 0. The highest BCUT2D eigenvalue weighted by atomic mass is 32.1. The lowest BCUT2D eigenvalue weighted by atomic mass is 10.4. The number of fused-ring (bicyclic) bond motifs is 3. The van der Waals surface area contributed by atoms with Crippen LogP contribution in [0.2, 0.25) is 0 Å². The summed E-state index contributed by atoms with van der Waals surface area (Å²) < 4.78 is 3.00.